The minimum Gasteiger partial charge on any atom is -0.481 e. The largest absolute Gasteiger partial charge is 0.481 e. The van der Waals surface area contributed by atoms with Crippen LogP contribution in [0.5, 0.6) is 0 Å². The van der Waals surface area contributed by atoms with E-state index in [1.165, 1.54) is 13.8 Å². The molecule has 0 aromatic heterocycles. The van der Waals surface area contributed by atoms with E-state index >= 15 is 0 Å². The van der Waals surface area contributed by atoms with Crippen molar-refractivity contribution in [2.45, 2.75) is 88.8 Å². The Hall–Kier alpha value is -3.79. The summed E-state index contributed by atoms with van der Waals surface area (Å²) in [6.07, 6.45) is 0.709. The lowest BCUT2D eigenvalue weighted by Gasteiger charge is -2.64. The van der Waals surface area contributed by atoms with Crippen LogP contribution in [0, 0.1) is 53.3 Å². The maximum atomic E-state index is 14.0. The average molecular weight is 661 g/mol. The molecule has 9 N–H and O–H groups in total. The highest BCUT2D eigenvalue weighted by atomic mass is 16.6. The lowest BCUT2D eigenvalue weighted by atomic mass is 9.50. The molecule has 5 aliphatic carbocycles. The fourth-order valence-electron chi connectivity index (χ4n) is 10.5. The lowest BCUT2D eigenvalue weighted by molar-refractivity contribution is -0.227. The molecule has 5 saturated carbocycles. The number of carboxylic acids is 1. The molecule has 0 aromatic carbocycles. The summed E-state index contributed by atoms with van der Waals surface area (Å²) in [6, 6.07) is -4.80. The van der Waals surface area contributed by atoms with Crippen LogP contribution in [-0.2, 0) is 38.3 Å². The van der Waals surface area contributed by atoms with Crippen LogP contribution in [0.3, 0.4) is 0 Å². The zero-order chi connectivity index (χ0) is 34.3. The number of piperidine rings is 2. The molecule has 47 heavy (non-hydrogen) atoms. The van der Waals surface area contributed by atoms with Gasteiger partial charge in [0, 0.05) is 37.0 Å². The van der Waals surface area contributed by atoms with Crippen LogP contribution in [0.1, 0.15) is 53.4 Å². The van der Waals surface area contributed by atoms with Gasteiger partial charge in [-0.25, -0.2) is 0 Å². The normalized spacial score (nSPS) is 38.8. The van der Waals surface area contributed by atoms with E-state index in [1.54, 1.807) is 6.92 Å². The summed E-state index contributed by atoms with van der Waals surface area (Å²) in [7, 11) is 0. The van der Waals surface area contributed by atoms with Gasteiger partial charge >= 0.3 is 11.9 Å². The Morgan fingerprint density at radius 1 is 0.957 bits per heavy atom. The number of amides is 5. The van der Waals surface area contributed by atoms with Gasteiger partial charge in [-0.15, -0.1) is 0 Å². The van der Waals surface area contributed by atoms with E-state index in [0.29, 0.717) is 6.42 Å². The highest BCUT2D eigenvalue weighted by Gasteiger charge is 2.96. The number of hydrogen-bond acceptors (Lipinski definition) is 10. The van der Waals surface area contributed by atoms with Crippen molar-refractivity contribution in [3.63, 3.8) is 0 Å². The fourth-order valence-corrected chi connectivity index (χ4v) is 10.5. The average Bonchev–Trinajstić information content (AvgIpc) is 3.56. The standard InChI is InChI=1S/C31H44N6O10/c1-5-10(2)24(35-26(43)15(32)9-38)28(45)33-11(3)25(42)34-16(6-7-17(40)41)27(44)36-31-21-14-8-13-18-19(14)23(31)22(18)30(20(13)21,29(46)37-31)47-12(4)39/h10-11,13-16,18-24,38H,5-9,32H2,1-4H3,(H,33,45)(H,34,42)(H,35,43)(H,36,44)(H,37,46)(H,40,41)/t10-,11-,13?,14?,15-,16-,18?,19?,20?,21?,22?,23?,24-,30?,31?/m0/s1. The summed E-state index contributed by atoms with van der Waals surface area (Å²) < 4.78 is 5.85. The number of carbonyl (C=O) groups is 7. The molecule has 7 aliphatic rings. The van der Waals surface area contributed by atoms with Gasteiger partial charge < -0.3 is 47.3 Å². The molecule has 2 aliphatic heterocycles. The molecule has 0 radical (unpaired) electrons. The van der Waals surface area contributed by atoms with Gasteiger partial charge in [0.2, 0.25) is 23.6 Å². The summed E-state index contributed by atoms with van der Waals surface area (Å²) in [6.45, 7) is 5.60. The maximum Gasteiger partial charge on any atom is 0.303 e. The number of nitrogens with two attached hydrogens (primary N) is 1. The van der Waals surface area contributed by atoms with Crippen molar-refractivity contribution in [1.29, 1.82) is 0 Å². The minimum absolute atomic E-state index is 0.145. The summed E-state index contributed by atoms with van der Waals surface area (Å²) in [4.78, 5) is 90.1. The van der Waals surface area contributed by atoms with E-state index < -0.39 is 89.9 Å². The van der Waals surface area contributed by atoms with Crippen molar-refractivity contribution in [2.75, 3.05) is 6.61 Å². The molecule has 5 amide bonds. The minimum atomic E-state index is -1.31. The smallest absolute Gasteiger partial charge is 0.303 e. The second-order valence-corrected chi connectivity index (χ2v) is 14.4. The molecule has 4 bridgehead atoms. The van der Waals surface area contributed by atoms with Crippen LogP contribution < -0.4 is 32.3 Å². The Balaban J connectivity index is 1.16. The van der Waals surface area contributed by atoms with E-state index in [2.05, 4.69) is 26.6 Å². The number of esters is 1. The van der Waals surface area contributed by atoms with Gasteiger partial charge in [-0.1, -0.05) is 20.3 Å². The number of hydrogen-bond donors (Lipinski definition) is 8. The van der Waals surface area contributed by atoms with E-state index in [-0.39, 0.29) is 59.7 Å². The van der Waals surface area contributed by atoms with Gasteiger partial charge in [-0.2, -0.15) is 0 Å². The number of carbonyl (C=O) groups excluding carboxylic acids is 6. The third kappa shape index (κ3) is 4.57. The third-order valence-electron chi connectivity index (χ3n) is 12.2. The summed E-state index contributed by atoms with van der Waals surface area (Å²) >= 11 is 0. The predicted molar refractivity (Wildman–Crippen MR) is 159 cm³/mol. The number of rotatable bonds is 15. The van der Waals surface area contributed by atoms with Crippen LogP contribution in [-0.4, -0.2) is 93.7 Å². The van der Waals surface area contributed by atoms with Crippen LogP contribution >= 0.6 is 0 Å². The second-order valence-electron chi connectivity index (χ2n) is 14.4. The molecular weight excluding hydrogens is 616 g/mol. The van der Waals surface area contributed by atoms with Gasteiger partial charge in [0.15, 0.2) is 5.60 Å². The van der Waals surface area contributed by atoms with Gasteiger partial charge in [-0.05, 0) is 49.4 Å². The molecule has 16 nitrogen and oxygen atoms in total. The first-order valence-corrected chi connectivity index (χ1v) is 16.5. The van der Waals surface area contributed by atoms with E-state index in [4.69, 9.17) is 10.5 Å². The highest BCUT2D eigenvalue weighted by molar-refractivity contribution is 5.97. The molecule has 15 atom stereocenters. The molecule has 0 aromatic rings. The van der Waals surface area contributed by atoms with Crippen LogP contribution in [0.4, 0.5) is 0 Å². The predicted octanol–water partition coefficient (Wildman–Crippen LogP) is -2.68. The van der Waals surface area contributed by atoms with E-state index in [1.807, 2.05) is 6.92 Å². The molecule has 7 fully saturated rings. The topological polar surface area (TPSA) is 255 Å². The quantitative estimate of drug-likeness (QED) is 0.0840. The molecule has 2 heterocycles. The summed E-state index contributed by atoms with van der Waals surface area (Å²) in [5.41, 5.74) is 3.26. The molecule has 16 heteroatoms. The van der Waals surface area contributed by atoms with Gasteiger partial charge in [0.1, 0.15) is 29.8 Å². The molecular formula is C31H44N6O10. The Morgan fingerprint density at radius 2 is 1.62 bits per heavy atom. The number of ether oxygens (including phenoxy) is 1. The number of carboxylic acid groups (broad SMARTS) is 1. The first-order chi connectivity index (χ1) is 22.1. The Morgan fingerprint density at radius 3 is 2.23 bits per heavy atom. The van der Waals surface area contributed by atoms with Gasteiger partial charge in [0.05, 0.1) is 6.61 Å². The van der Waals surface area contributed by atoms with Crippen molar-refractivity contribution in [3.8, 4) is 0 Å². The third-order valence-corrected chi connectivity index (χ3v) is 12.2. The maximum absolute atomic E-state index is 14.0. The molecule has 7 rings (SSSR count). The first-order valence-electron chi connectivity index (χ1n) is 16.5. The van der Waals surface area contributed by atoms with Crippen molar-refractivity contribution in [3.05, 3.63) is 0 Å². The lowest BCUT2D eigenvalue weighted by Crippen LogP contribution is -2.85. The Kier molecular flexibility index (Phi) is 8.05. The Bertz CT molecular complexity index is 1420. The Labute approximate surface area is 271 Å². The molecule has 0 spiro atoms. The van der Waals surface area contributed by atoms with Crippen molar-refractivity contribution in [1.82, 2.24) is 26.6 Å². The number of nitrogens with one attached hydrogen (secondary N) is 5. The number of aliphatic hydroxyl groups is 1. The molecule has 2 saturated heterocycles. The number of fused-ring (bicyclic) bond motifs is 1. The van der Waals surface area contributed by atoms with Crippen molar-refractivity contribution >= 4 is 41.5 Å². The van der Waals surface area contributed by atoms with Gasteiger partial charge in [0.25, 0.3) is 5.91 Å². The second kappa shape index (κ2) is 11.4. The highest BCUT2D eigenvalue weighted by Crippen LogP contribution is 2.89. The summed E-state index contributed by atoms with van der Waals surface area (Å²) in [5, 5.41) is 32.3. The van der Waals surface area contributed by atoms with Crippen molar-refractivity contribution in [2.24, 2.45) is 59.0 Å². The monoisotopic (exact) mass is 660 g/mol. The fraction of sp³-hybridized carbons (Fsp3) is 0.774. The zero-order valence-electron chi connectivity index (χ0n) is 26.8. The van der Waals surface area contributed by atoms with Crippen molar-refractivity contribution < 1.29 is 48.5 Å². The first kappa shape index (κ1) is 33.1. The van der Waals surface area contributed by atoms with E-state index in [0.717, 1.165) is 6.42 Å². The zero-order valence-corrected chi connectivity index (χ0v) is 26.8. The van der Waals surface area contributed by atoms with Gasteiger partial charge in [-0.3, -0.25) is 33.6 Å². The summed E-state index contributed by atoms with van der Waals surface area (Å²) in [5.74, 6) is -5.02. The SMILES string of the molecule is CC[C@H](C)[C@H](NC(=O)[C@@H](N)CO)C(=O)N[C@@H](C)C(=O)N[C@@H](CCC(=O)O)C(=O)NC12NC(=O)C3(OC(C)=O)C4C5CC(C6C5C3C61)C42. The molecule has 10 unspecified atom stereocenters. The van der Waals surface area contributed by atoms with Crippen LogP contribution in [0.25, 0.3) is 0 Å². The van der Waals surface area contributed by atoms with E-state index in [9.17, 15) is 43.8 Å². The van der Waals surface area contributed by atoms with Crippen LogP contribution in [0.2, 0.25) is 0 Å². The van der Waals surface area contributed by atoms with Crippen LogP contribution in [0.15, 0.2) is 0 Å². The molecule has 258 valence electrons. The number of aliphatic carboxylic acids is 1. The number of aliphatic hydroxyl groups excluding tert-OH is 1.